The molecule has 2 aromatic rings. The van der Waals surface area contributed by atoms with Crippen molar-refractivity contribution < 1.29 is 19.2 Å². The number of nitrogens with one attached hydrogen (secondary N) is 2. The molecule has 0 saturated heterocycles. The number of carbonyl (C=O) groups excluding carboxylic acids is 1. The summed E-state index contributed by atoms with van der Waals surface area (Å²) in [4.78, 5) is 13.6. The first-order valence-electron chi connectivity index (χ1n) is 8.98. The molecule has 140 valence electrons. The monoisotopic (exact) mass is 357 g/mol. The van der Waals surface area contributed by atoms with Gasteiger partial charge in [-0.2, -0.15) is 0 Å². The maximum absolute atomic E-state index is 12.4. The maximum atomic E-state index is 12.4. The molecular weight excluding hydrogens is 328 g/mol. The summed E-state index contributed by atoms with van der Waals surface area (Å²) < 4.78 is 10.6. The number of quaternary nitrogens is 1. The van der Waals surface area contributed by atoms with Crippen LogP contribution in [0.25, 0.3) is 0 Å². The standard InChI is InChI=1S/C21H28N2O3/c1-5-26-20-12-8-18(9-13-20)15-23(3)16(2)21(24)22-14-17-6-10-19(25-4)11-7-17/h6-13,16H,5,14-15H2,1-4H3,(H,22,24)/p+1/t16-/m1/s1. The second kappa shape index (κ2) is 9.82. The van der Waals surface area contributed by atoms with Crippen LogP contribution < -0.4 is 19.7 Å². The minimum atomic E-state index is -0.139. The molecule has 2 rings (SSSR count). The first-order valence-corrected chi connectivity index (χ1v) is 8.98. The van der Waals surface area contributed by atoms with E-state index in [0.717, 1.165) is 28.5 Å². The third kappa shape index (κ3) is 5.77. The Morgan fingerprint density at radius 2 is 1.62 bits per heavy atom. The molecule has 5 heteroatoms. The Kier molecular flexibility index (Phi) is 7.48. The zero-order chi connectivity index (χ0) is 18.9. The number of amides is 1. The summed E-state index contributed by atoms with van der Waals surface area (Å²) >= 11 is 0. The van der Waals surface area contributed by atoms with Crippen LogP contribution in [-0.4, -0.2) is 32.7 Å². The molecule has 1 unspecified atom stereocenters. The lowest BCUT2D eigenvalue weighted by atomic mass is 10.1. The van der Waals surface area contributed by atoms with Crippen molar-refractivity contribution in [3.05, 3.63) is 59.7 Å². The van der Waals surface area contributed by atoms with Crippen molar-refractivity contribution in [3.8, 4) is 11.5 Å². The zero-order valence-corrected chi connectivity index (χ0v) is 16.0. The molecule has 0 aliphatic carbocycles. The van der Waals surface area contributed by atoms with E-state index in [1.54, 1.807) is 7.11 Å². The molecule has 0 heterocycles. The molecule has 1 amide bonds. The van der Waals surface area contributed by atoms with Crippen LogP contribution in [-0.2, 0) is 17.9 Å². The number of ether oxygens (including phenoxy) is 2. The highest BCUT2D eigenvalue weighted by Crippen LogP contribution is 2.12. The molecule has 0 aromatic heterocycles. The molecule has 2 N–H and O–H groups in total. The highest BCUT2D eigenvalue weighted by atomic mass is 16.5. The van der Waals surface area contributed by atoms with Crippen LogP contribution in [0.5, 0.6) is 11.5 Å². The van der Waals surface area contributed by atoms with E-state index >= 15 is 0 Å². The van der Waals surface area contributed by atoms with Gasteiger partial charge in [0.05, 0.1) is 20.8 Å². The van der Waals surface area contributed by atoms with Crippen molar-refractivity contribution in [3.63, 3.8) is 0 Å². The fourth-order valence-corrected chi connectivity index (χ4v) is 2.65. The Morgan fingerprint density at radius 1 is 1.04 bits per heavy atom. The van der Waals surface area contributed by atoms with Crippen molar-refractivity contribution in [1.29, 1.82) is 0 Å². The first kappa shape index (κ1) is 19.8. The number of hydrogen-bond acceptors (Lipinski definition) is 3. The molecule has 0 saturated carbocycles. The fraction of sp³-hybridized carbons (Fsp3) is 0.381. The lowest BCUT2D eigenvalue weighted by Gasteiger charge is -2.21. The first-order chi connectivity index (χ1) is 12.5. The number of carbonyl (C=O) groups is 1. The minimum absolute atomic E-state index is 0.0456. The molecule has 0 radical (unpaired) electrons. The van der Waals surface area contributed by atoms with E-state index < -0.39 is 0 Å². The summed E-state index contributed by atoms with van der Waals surface area (Å²) in [7, 11) is 3.68. The SMILES string of the molecule is CCOc1ccc(C[NH+](C)[C@H](C)C(=O)NCc2ccc(OC)cc2)cc1. The van der Waals surface area contributed by atoms with E-state index in [1.165, 1.54) is 5.56 Å². The average molecular weight is 357 g/mol. The Hall–Kier alpha value is -2.53. The van der Waals surface area contributed by atoms with E-state index in [9.17, 15) is 4.79 Å². The summed E-state index contributed by atoms with van der Waals surface area (Å²) in [5.41, 5.74) is 2.23. The topological polar surface area (TPSA) is 52.0 Å². The van der Waals surface area contributed by atoms with Crippen LogP contribution in [0.1, 0.15) is 25.0 Å². The van der Waals surface area contributed by atoms with Crippen molar-refractivity contribution >= 4 is 5.91 Å². The number of methoxy groups -OCH3 is 1. The van der Waals surface area contributed by atoms with Crippen LogP contribution in [0.2, 0.25) is 0 Å². The number of hydrogen-bond donors (Lipinski definition) is 2. The summed E-state index contributed by atoms with van der Waals surface area (Å²) in [6.45, 7) is 5.88. The second-order valence-corrected chi connectivity index (χ2v) is 6.39. The highest BCUT2D eigenvalue weighted by Gasteiger charge is 2.21. The highest BCUT2D eigenvalue weighted by molar-refractivity contribution is 5.79. The van der Waals surface area contributed by atoms with Gasteiger partial charge in [-0.05, 0) is 55.8 Å². The maximum Gasteiger partial charge on any atom is 0.278 e. The summed E-state index contributed by atoms with van der Waals surface area (Å²) in [6, 6.07) is 15.6. The van der Waals surface area contributed by atoms with Gasteiger partial charge in [0.2, 0.25) is 0 Å². The zero-order valence-electron chi connectivity index (χ0n) is 16.0. The van der Waals surface area contributed by atoms with Crippen molar-refractivity contribution in [1.82, 2.24) is 5.32 Å². The van der Waals surface area contributed by atoms with Crippen LogP contribution >= 0.6 is 0 Å². The van der Waals surface area contributed by atoms with Gasteiger partial charge in [0.1, 0.15) is 18.0 Å². The average Bonchev–Trinajstić information content (AvgIpc) is 2.67. The van der Waals surface area contributed by atoms with Gasteiger partial charge < -0.3 is 19.7 Å². The quantitative estimate of drug-likeness (QED) is 0.720. The molecule has 0 aliphatic heterocycles. The smallest absolute Gasteiger partial charge is 0.278 e. The summed E-state index contributed by atoms with van der Waals surface area (Å²) in [6.07, 6.45) is 0. The Balaban J connectivity index is 1.83. The Bertz CT molecular complexity index is 683. The predicted molar refractivity (Wildman–Crippen MR) is 103 cm³/mol. The molecule has 2 atom stereocenters. The van der Waals surface area contributed by atoms with Gasteiger partial charge in [0.15, 0.2) is 6.04 Å². The van der Waals surface area contributed by atoms with Gasteiger partial charge in [-0.25, -0.2) is 0 Å². The van der Waals surface area contributed by atoms with Crippen molar-refractivity contribution in [2.75, 3.05) is 20.8 Å². The molecule has 0 bridgehead atoms. The minimum Gasteiger partial charge on any atom is -0.497 e. The third-order valence-electron chi connectivity index (χ3n) is 4.48. The lowest BCUT2D eigenvalue weighted by molar-refractivity contribution is -0.908. The van der Waals surface area contributed by atoms with Gasteiger partial charge in [-0.15, -0.1) is 0 Å². The number of benzene rings is 2. The second-order valence-electron chi connectivity index (χ2n) is 6.39. The van der Waals surface area contributed by atoms with Crippen molar-refractivity contribution in [2.24, 2.45) is 0 Å². The molecule has 5 nitrogen and oxygen atoms in total. The Labute approximate surface area is 155 Å². The molecule has 26 heavy (non-hydrogen) atoms. The largest absolute Gasteiger partial charge is 0.497 e. The van der Waals surface area contributed by atoms with Crippen LogP contribution in [0, 0.1) is 0 Å². The molecule has 0 spiro atoms. The van der Waals surface area contributed by atoms with Gasteiger partial charge in [-0.1, -0.05) is 12.1 Å². The Morgan fingerprint density at radius 3 is 2.19 bits per heavy atom. The molecule has 0 fully saturated rings. The number of likely N-dealkylation sites (N-methyl/N-ethyl adjacent to an activating group) is 1. The molecular formula is C21H29N2O3+. The van der Waals surface area contributed by atoms with Gasteiger partial charge >= 0.3 is 0 Å². The number of rotatable bonds is 9. The predicted octanol–water partition coefficient (Wildman–Crippen LogP) is 1.81. The van der Waals surface area contributed by atoms with Gasteiger partial charge in [0, 0.05) is 12.1 Å². The summed E-state index contributed by atoms with van der Waals surface area (Å²) in [5.74, 6) is 1.73. The van der Waals surface area contributed by atoms with E-state index in [4.69, 9.17) is 9.47 Å². The third-order valence-corrected chi connectivity index (χ3v) is 4.48. The van der Waals surface area contributed by atoms with Gasteiger partial charge in [0.25, 0.3) is 5.91 Å². The lowest BCUT2D eigenvalue weighted by Crippen LogP contribution is -3.12. The summed E-state index contributed by atoms with van der Waals surface area (Å²) in [5, 5.41) is 3.01. The van der Waals surface area contributed by atoms with Crippen LogP contribution in [0.4, 0.5) is 0 Å². The van der Waals surface area contributed by atoms with E-state index in [-0.39, 0.29) is 11.9 Å². The molecule has 2 aromatic carbocycles. The molecule has 0 aliphatic rings. The van der Waals surface area contributed by atoms with Crippen LogP contribution in [0.15, 0.2) is 48.5 Å². The fourth-order valence-electron chi connectivity index (χ4n) is 2.65. The normalized spacial score (nSPS) is 12.9. The van der Waals surface area contributed by atoms with E-state index in [2.05, 4.69) is 17.4 Å². The van der Waals surface area contributed by atoms with E-state index in [1.807, 2.05) is 57.3 Å². The van der Waals surface area contributed by atoms with E-state index in [0.29, 0.717) is 13.2 Å². The van der Waals surface area contributed by atoms with Crippen LogP contribution in [0.3, 0.4) is 0 Å². The van der Waals surface area contributed by atoms with Crippen molar-refractivity contribution in [2.45, 2.75) is 33.0 Å². The van der Waals surface area contributed by atoms with Gasteiger partial charge in [-0.3, -0.25) is 4.79 Å².